The summed E-state index contributed by atoms with van der Waals surface area (Å²) in [5.74, 6) is 0.972. The van der Waals surface area contributed by atoms with E-state index >= 15 is 0 Å². The Morgan fingerprint density at radius 2 is 1.79 bits per heavy atom. The molecule has 1 aromatic heterocycles. The minimum Gasteiger partial charge on any atom is -1.00 e. The van der Waals surface area contributed by atoms with Crippen LogP contribution in [0.15, 0.2) is 58.2 Å². The minimum absolute atomic E-state index is 0. The zero-order valence-electron chi connectivity index (χ0n) is 12.2. The van der Waals surface area contributed by atoms with Gasteiger partial charge in [0.2, 0.25) is 5.16 Å². The van der Waals surface area contributed by atoms with Gasteiger partial charge in [0.25, 0.3) is 0 Å². The van der Waals surface area contributed by atoms with Crippen LogP contribution in [-0.4, -0.2) is 26.7 Å². The molecule has 0 fully saturated rings. The molecule has 124 valence electrons. The summed E-state index contributed by atoms with van der Waals surface area (Å²) in [6, 6.07) is 14.6. The van der Waals surface area contributed by atoms with Crippen LogP contribution in [0.4, 0.5) is 0 Å². The van der Waals surface area contributed by atoms with Crippen molar-refractivity contribution in [2.75, 3.05) is 5.75 Å². The number of hydrogen-bond donors (Lipinski definition) is 1. The van der Waals surface area contributed by atoms with Crippen molar-refractivity contribution in [2.45, 2.75) is 5.16 Å². The lowest BCUT2D eigenvalue weighted by molar-refractivity contribution is -0.0000122. The van der Waals surface area contributed by atoms with Crippen molar-refractivity contribution < 1.29 is 21.8 Å². The molecular formula is C16H11Br2ClN3OS-. The summed E-state index contributed by atoms with van der Waals surface area (Å²) in [7, 11) is 0. The molecule has 0 bridgehead atoms. The highest BCUT2D eigenvalue weighted by Gasteiger charge is 2.10. The number of H-pyrrole nitrogens is 1. The molecule has 0 radical (unpaired) electrons. The van der Waals surface area contributed by atoms with Crippen molar-refractivity contribution in [1.29, 1.82) is 0 Å². The number of carbonyl (C=O) groups is 1. The van der Waals surface area contributed by atoms with Gasteiger partial charge in [-0.1, -0.05) is 51.4 Å². The first-order valence-corrected chi connectivity index (χ1v) is 8.87. The van der Waals surface area contributed by atoms with Gasteiger partial charge in [-0.05, 0) is 36.4 Å². The standard InChI is InChI=1S/C16H11BrClN3OS.BrH/c17-12-5-1-11(2-6-12)15-19-16(21-20-15)23-9-14(22)10-3-7-13(18)8-4-10;/h1-8H,9H2,(H,19,20,21);1H/p-1. The molecule has 0 unspecified atom stereocenters. The molecule has 0 aliphatic heterocycles. The van der Waals surface area contributed by atoms with Crippen LogP contribution in [0.1, 0.15) is 10.4 Å². The van der Waals surface area contributed by atoms with Crippen LogP contribution in [0.2, 0.25) is 5.02 Å². The molecule has 3 aromatic rings. The van der Waals surface area contributed by atoms with Gasteiger partial charge in [-0.15, -0.1) is 5.10 Å². The number of nitrogens with zero attached hydrogens (tertiary/aromatic N) is 2. The average Bonchev–Trinajstić information content (AvgIpc) is 3.03. The van der Waals surface area contributed by atoms with Crippen LogP contribution in [0, 0.1) is 0 Å². The number of Topliss-reactive ketones (excluding diaryl/α,β-unsaturated/α-hetero) is 1. The molecule has 1 heterocycles. The third-order valence-electron chi connectivity index (χ3n) is 3.08. The topological polar surface area (TPSA) is 58.6 Å². The third-order valence-corrected chi connectivity index (χ3v) is 4.71. The highest BCUT2D eigenvalue weighted by molar-refractivity contribution is 9.10. The van der Waals surface area contributed by atoms with Crippen LogP contribution in [-0.2, 0) is 0 Å². The lowest BCUT2D eigenvalue weighted by Crippen LogP contribution is -3.00. The van der Waals surface area contributed by atoms with E-state index in [4.69, 9.17) is 11.6 Å². The molecule has 0 spiro atoms. The Morgan fingerprint density at radius 3 is 2.46 bits per heavy atom. The summed E-state index contributed by atoms with van der Waals surface area (Å²) in [4.78, 5) is 16.5. The summed E-state index contributed by atoms with van der Waals surface area (Å²) in [5.41, 5.74) is 1.57. The second-order valence-corrected chi connectivity index (χ2v) is 6.99. The Bertz CT molecular complexity index is 822. The molecule has 2 aromatic carbocycles. The second-order valence-electron chi connectivity index (χ2n) is 4.69. The van der Waals surface area contributed by atoms with E-state index in [1.54, 1.807) is 24.3 Å². The fourth-order valence-corrected chi connectivity index (χ4v) is 2.98. The summed E-state index contributed by atoms with van der Waals surface area (Å²) < 4.78 is 1.00. The van der Waals surface area contributed by atoms with Crippen molar-refractivity contribution in [3.8, 4) is 11.4 Å². The molecule has 0 saturated heterocycles. The number of halogens is 3. The predicted molar refractivity (Wildman–Crippen MR) is 96.0 cm³/mol. The van der Waals surface area contributed by atoms with Crippen molar-refractivity contribution >= 4 is 45.1 Å². The normalized spacial score (nSPS) is 10.2. The van der Waals surface area contributed by atoms with Gasteiger partial charge in [-0.2, -0.15) is 0 Å². The number of nitrogens with one attached hydrogen (secondary N) is 1. The van der Waals surface area contributed by atoms with Gasteiger partial charge in [-0.3, -0.25) is 9.89 Å². The van der Waals surface area contributed by atoms with Crippen LogP contribution in [0.25, 0.3) is 11.4 Å². The summed E-state index contributed by atoms with van der Waals surface area (Å²) in [6.45, 7) is 0. The number of benzene rings is 2. The first-order chi connectivity index (χ1) is 11.1. The lowest BCUT2D eigenvalue weighted by atomic mass is 10.1. The lowest BCUT2D eigenvalue weighted by Gasteiger charge is -1.99. The van der Waals surface area contributed by atoms with E-state index in [-0.39, 0.29) is 28.5 Å². The first-order valence-electron chi connectivity index (χ1n) is 6.72. The maximum atomic E-state index is 12.1. The number of rotatable bonds is 5. The predicted octanol–water partition coefficient (Wildman–Crippen LogP) is 1.87. The summed E-state index contributed by atoms with van der Waals surface area (Å²) in [5, 5.41) is 8.18. The SMILES string of the molecule is O=C(CSc1n[nH]c(-c2ccc(Br)cc2)n1)c1ccc(Cl)cc1.[Br-]. The molecule has 8 heteroatoms. The molecule has 0 aliphatic carbocycles. The number of hydrogen-bond acceptors (Lipinski definition) is 4. The highest BCUT2D eigenvalue weighted by Crippen LogP contribution is 2.22. The number of aromatic amines is 1. The molecule has 0 amide bonds. The highest BCUT2D eigenvalue weighted by atomic mass is 79.9. The maximum Gasteiger partial charge on any atom is 0.209 e. The van der Waals surface area contributed by atoms with Crippen LogP contribution >= 0.6 is 39.3 Å². The number of ketones is 1. The molecular weight excluding hydrogens is 478 g/mol. The molecule has 0 atom stereocenters. The van der Waals surface area contributed by atoms with E-state index in [0.717, 1.165) is 10.0 Å². The van der Waals surface area contributed by atoms with E-state index in [0.29, 0.717) is 21.6 Å². The molecule has 0 aliphatic rings. The van der Waals surface area contributed by atoms with Gasteiger partial charge < -0.3 is 17.0 Å². The van der Waals surface area contributed by atoms with Gasteiger partial charge in [0.15, 0.2) is 11.6 Å². The molecule has 1 N–H and O–H groups in total. The van der Waals surface area contributed by atoms with Crippen LogP contribution in [0.3, 0.4) is 0 Å². The second kappa shape index (κ2) is 8.80. The molecule has 3 rings (SSSR count). The number of carbonyl (C=O) groups excluding carboxylic acids is 1. The zero-order chi connectivity index (χ0) is 16.2. The monoisotopic (exact) mass is 486 g/mol. The Hall–Kier alpha value is -1.15. The van der Waals surface area contributed by atoms with Crippen molar-refractivity contribution in [3.05, 3.63) is 63.6 Å². The molecule has 4 nitrogen and oxygen atoms in total. The number of thioether (sulfide) groups is 1. The van der Waals surface area contributed by atoms with Gasteiger partial charge in [0.05, 0.1) is 5.75 Å². The fourth-order valence-electron chi connectivity index (χ4n) is 1.90. The van der Waals surface area contributed by atoms with E-state index in [1.807, 2.05) is 24.3 Å². The fraction of sp³-hybridized carbons (Fsp3) is 0.0625. The Balaban J connectivity index is 0.00000208. The minimum atomic E-state index is 0. The smallest absolute Gasteiger partial charge is 0.209 e. The largest absolute Gasteiger partial charge is 1.00 e. The van der Waals surface area contributed by atoms with Crippen molar-refractivity contribution in [1.82, 2.24) is 15.2 Å². The quantitative estimate of drug-likeness (QED) is 0.440. The molecule has 0 saturated carbocycles. The van der Waals surface area contributed by atoms with Crippen LogP contribution < -0.4 is 17.0 Å². The Kier molecular flexibility index (Phi) is 7.03. The van der Waals surface area contributed by atoms with E-state index < -0.39 is 0 Å². The van der Waals surface area contributed by atoms with Gasteiger partial charge >= 0.3 is 0 Å². The van der Waals surface area contributed by atoms with Gasteiger partial charge in [0.1, 0.15) is 0 Å². The first kappa shape index (κ1) is 19.2. The third kappa shape index (κ3) is 4.92. The van der Waals surface area contributed by atoms with Crippen molar-refractivity contribution in [3.63, 3.8) is 0 Å². The van der Waals surface area contributed by atoms with Gasteiger partial charge in [0, 0.05) is 20.6 Å². The summed E-state index contributed by atoms with van der Waals surface area (Å²) >= 11 is 10.5. The van der Waals surface area contributed by atoms with E-state index in [9.17, 15) is 4.79 Å². The van der Waals surface area contributed by atoms with Gasteiger partial charge in [-0.25, -0.2) is 4.98 Å². The van der Waals surface area contributed by atoms with Crippen LogP contribution in [0.5, 0.6) is 0 Å². The average molecular weight is 489 g/mol. The Morgan fingerprint density at radius 1 is 1.12 bits per heavy atom. The summed E-state index contributed by atoms with van der Waals surface area (Å²) in [6.07, 6.45) is 0. The van der Waals surface area contributed by atoms with E-state index in [2.05, 4.69) is 31.1 Å². The Labute approximate surface area is 167 Å². The molecule has 24 heavy (non-hydrogen) atoms. The zero-order valence-corrected chi connectivity index (χ0v) is 16.9. The number of aromatic nitrogens is 3. The van der Waals surface area contributed by atoms with Crippen molar-refractivity contribution in [2.24, 2.45) is 0 Å². The maximum absolute atomic E-state index is 12.1. The van der Waals surface area contributed by atoms with E-state index in [1.165, 1.54) is 11.8 Å².